The Balaban J connectivity index is 1.50. The number of halogens is 1. The molecule has 0 atom stereocenters. The van der Waals surface area contributed by atoms with Gasteiger partial charge in [-0.25, -0.2) is 9.37 Å². The molecule has 0 amide bonds. The molecule has 2 aromatic heterocycles. The third kappa shape index (κ3) is 4.34. The van der Waals surface area contributed by atoms with E-state index in [0.717, 1.165) is 35.7 Å². The highest BCUT2D eigenvalue weighted by molar-refractivity contribution is 5.68. The number of alkyl halides is 1. The molecule has 0 unspecified atom stereocenters. The van der Waals surface area contributed by atoms with Gasteiger partial charge in [-0.15, -0.1) is 5.10 Å². The van der Waals surface area contributed by atoms with Crippen molar-refractivity contribution in [3.8, 4) is 16.9 Å². The monoisotopic (exact) mass is 381 g/mol. The minimum absolute atomic E-state index is 0.485. The van der Waals surface area contributed by atoms with E-state index in [1.807, 2.05) is 30.3 Å². The number of nitrogens with zero attached hydrogens (tertiary/aromatic N) is 4. The molecule has 0 bridgehead atoms. The van der Waals surface area contributed by atoms with Gasteiger partial charge in [0.15, 0.2) is 5.82 Å². The van der Waals surface area contributed by atoms with E-state index in [1.165, 1.54) is 0 Å². The fourth-order valence-corrected chi connectivity index (χ4v) is 3.00. The van der Waals surface area contributed by atoms with Crippen molar-refractivity contribution in [2.75, 3.05) is 43.4 Å². The van der Waals surface area contributed by atoms with E-state index >= 15 is 0 Å². The molecule has 7 nitrogen and oxygen atoms in total. The predicted octanol–water partition coefficient (Wildman–Crippen LogP) is 3.42. The van der Waals surface area contributed by atoms with Crippen LogP contribution in [-0.2, 0) is 4.74 Å². The van der Waals surface area contributed by atoms with Gasteiger partial charge in [-0.3, -0.25) is 0 Å². The summed E-state index contributed by atoms with van der Waals surface area (Å²) in [5, 5.41) is 11.5. The number of anilines is 3. The summed E-state index contributed by atoms with van der Waals surface area (Å²) in [5.74, 6) is 2.01. The molecule has 0 saturated carbocycles. The smallest absolute Gasteiger partial charge is 0.228 e. The van der Waals surface area contributed by atoms with E-state index < -0.39 is 6.86 Å². The van der Waals surface area contributed by atoms with Gasteiger partial charge in [0.1, 0.15) is 11.6 Å². The van der Waals surface area contributed by atoms with Gasteiger partial charge in [-0.2, -0.15) is 5.10 Å². The van der Waals surface area contributed by atoms with Crippen molar-refractivity contribution in [3.63, 3.8) is 0 Å². The minimum atomic E-state index is -0.845. The van der Waals surface area contributed by atoms with Crippen molar-refractivity contribution in [1.82, 2.24) is 15.2 Å². The second-order valence-corrected chi connectivity index (χ2v) is 6.23. The lowest BCUT2D eigenvalue weighted by atomic mass is 10.1. The van der Waals surface area contributed by atoms with Crippen LogP contribution < -0.4 is 15.0 Å². The van der Waals surface area contributed by atoms with E-state index in [4.69, 9.17) is 9.47 Å². The van der Waals surface area contributed by atoms with E-state index in [1.54, 1.807) is 24.5 Å². The third-order valence-electron chi connectivity index (χ3n) is 4.42. The molecular formula is C20H20FN5O2. The molecule has 0 aliphatic carbocycles. The molecule has 28 heavy (non-hydrogen) atoms. The van der Waals surface area contributed by atoms with Gasteiger partial charge in [0, 0.05) is 36.6 Å². The van der Waals surface area contributed by atoms with Crippen molar-refractivity contribution in [2.45, 2.75) is 0 Å². The summed E-state index contributed by atoms with van der Waals surface area (Å²) in [5.41, 5.74) is 2.72. The third-order valence-corrected chi connectivity index (χ3v) is 4.42. The number of morpholine rings is 1. The summed E-state index contributed by atoms with van der Waals surface area (Å²) < 4.78 is 22.5. The highest BCUT2D eigenvalue weighted by Crippen LogP contribution is 2.25. The molecular weight excluding hydrogens is 361 g/mol. The minimum Gasteiger partial charge on any atom is -0.463 e. The fraction of sp³-hybridized carbons (Fsp3) is 0.250. The normalized spacial score (nSPS) is 14.0. The molecule has 8 heteroatoms. The van der Waals surface area contributed by atoms with Crippen LogP contribution >= 0.6 is 0 Å². The Kier molecular flexibility index (Phi) is 5.58. The first-order valence-electron chi connectivity index (χ1n) is 8.99. The summed E-state index contributed by atoms with van der Waals surface area (Å²) in [7, 11) is 0. The number of benzene rings is 1. The first-order chi connectivity index (χ1) is 13.8. The number of hydrogen-bond donors (Lipinski definition) is 1. The Morgan fingerprint density at radius 3 is 2.68 bits per heavy atom. The molecule has 3 heterocycles. The van der Waals surface area contributed by atoms with E-state index in [2.05, 4.69) is 25.4 Å². The van der Waals surface area contributed by atoms with Crippen LogP contribution in [0.5, 0.6) is 5.75 Å². The molecule has 3 aromatic rings. The van der Waals surface area contributed by atoms with Gasteiger partial charge in [0.25, 0.3) is 0 Å². The average Bonchev–Trinajstić information content (AvgIpc) is 2.76. The maximum atomic E-state index is 12.2. The maximum Gasteiger partial charge on any atom is 0.228 e. The summed E-state index contributed by atoms with van der Waals surface area (Å²) in [4.78, 5) is 6.64. The van der Waals surface area contributed by atoms with E-state index in [-0.39, 0.29) is 0 Å². The number of nitrogens with one attached hydrogen (secondary N) is 1. The molecule has 1 aliphatic rings. The number of aromatic nitrogens is 3. The van der Waals surface area contributed by atoms with Gasteiger partial charge in [-0.1, -0.05) is 12.1 Å². The summed E-state index contributed by atoms with van der Waals surface area (Å²) in [6, 6.07) is 12.9. The van der Waals surface area contributed by atoms with E-state index in [9.17, 15) is 4.39 Å². The lowest BCUT2D eigenvalue weighted by Gasteiger charge is -2.28. The van der Waals surface area contributed by atoms with Crippen LogP contribution in [0.15, 0.2) is 54.9 Å². The zero-order chi connectivity index (χ0) is 19.2. The number of rotatable bonds is 6. The van der Waals surface area contributed by atoms with Gasteiger partial charge in [-0.05, 0) is 29.8 Å². The van der Waals surface area contributed by atoms with Crippen LogP contribution in [0.2, 0.25) is 0 Å². The van der Waals surface area contributed by atoms with Crippen LogP contribution in [0, 0.1) is 0 Å². The zero-order valence-corrected chi connectivity index (χ0v) is 15.2. The molecule has 1 N–H and O–H groups in total. The highest BCUT2D eigenvalue weighted by atomic mass is 19.1. The fourth-order valence-electron chi connectivity index (χ4n) is 3.00. The standard InChI is InChI=1S/C20H20FN5O2/c21-14-28-18-3-1-15(2-4-18)16-11-19(25-23-13-16)24-17-5-6-22-20(12-17)26-7-9-27-10-8-26/h1-6,11-13H,7-10,14H2,(H,22,24,25). The van der Waals surface area contributed by atoms with Gasteiger partial charge in [0.2, 0.25) is 6.86 Å². The quantitative estimate of drug-likeness (QED) is 0.701. The van der Waals surface area contributed by atoms with Crippen molar-refractivity contribution < 1.29 is 13.9 Å². The summed E-state index contributed by atoms with van der Waals surface area (Å²) in [6.45, 7) is 2.23. The Morgan fingerprint density at radius 2 is 1.89 bits per heavy atom. The largest absolute Gasteiger partial charge is 0.463 e. The summed E-state index contributed by atoms with van der Waals surface area (Å²) >= 11 is 0. The first kappa shape index (κ1) is 18.1. The lowest BCUT2D eigenvalue weighted by Crippen LogP contribution is -2.36. The number of pyridine rings is 1. The van der Waals surface area contributed by atoms with Crippen molar-refractivity contribution in [3.05, 3.63) is 54.9 Å². The Hall–Kier alpha value is -3.26. The SMILES string of the molecule is FCOc1ccc(-c2cnnc(Nc3ccnc(N4CCOCC4)c3)c2)cc1. The maximum absolute atomic E-state index is 12.2. The molecule has 1 fully saturated rings. The molecule has 1 aliphatic heterocycles. The van der Waals surface area contributed by atoms with E-state index in [0.29, 0.717) is 24.8 Å². The van der Waals surface area contributed by atoms with Gasteiger partial charge in [0.05, 0.1) is 19.4 Å². The Bertz CT molecular complexity index is 916. The number of ether oxygens (including phenoxy) is 2. The molecule has 144 valence electrons. The zero-order valence-electron chi connectivity index (χ0n) is 15.2. The Labute approximate surface area is 162 Å². The van der Waals surface area contributed by atoms with Crippen LogP contribution in [0.4, 0.5) is 21.7 Å². The predicted molar refractivity (Wildman–Crippen MR) is 105 cm³/mol. The van der Waals surface area contributed by atoms with Crippen molar-refractivity contribution in [2.24, 2.45) is 0 Å². The summed E-state index contributed by atoms with van der Waals surface area (Å²) in [6.07, 6.45) is 3.45. The van der Waals surface area contributed by atoms with Crippen molar-refractivity contribution in [1.29, 1.82) is 0 Å². The molecule has 1 aromatic carbocycles. The van der Waals surface area contributed by atoms with Gasteiger partial charge < -0.3 is 19.7 Å². The van der Waals surface area contributed by atoms with Gasteiger partial charge >= 0.3 is 0 Å². The van der Waals surface area contributed by atoms with Crippen LogP contribution in [-0.4, -0.2) is 48.3 Å². The molecule has 0 radical (unpaired) electrons. The van der Waals surface area contributed by atoms with Crippen LogP contribution in [0.25, 0.3) is 11.1 Å². The lowest BCUT2D eigenvalue weighted by molar-refractivity contribution is 0.122. The van der Waals surface area contributed by atoms with Crippen molar-refractivity contribution >= 4 is 17.3 Å². The molecule has 1 saturated heterocycles. The van der Waals surface area contributed by atoms with Crippen LogP contribution in [0.1, 0.15) is 0 Å². The highest BCUT2D eigenvalue weighted by Gasteiger charge is 2.13. The topological polar surface area (TPSA) is 72.4 Å². The second-order valence-electron chi connectivity index (χ2n) is 6.23. The van der Waals surface area contributed by atoms with Crippen LogP contribution in [0.3, 0.4) is 0 Å². The number of hydrogen-bond acceptors (Lipinski definition) is 7. The second kappa shape index (κ2) is 8.62. The first-order valence-corrected chi connectivity index (χ1v) is 8.99. The average molecular weight is 381 g/mol. The Morgan fingerprint density at radius 1 is 1.07 bits per heavy atom. The molecule has 4 rings (SSSR count). The molecule has 0 spiro atoms.